The fourth-order valence-electron chi connectivity index (χ4n) is 2.14. The zero-order chi connectivity index (χ0) is 11.9. The van der Waals surface area contributed by atoms with E-state index in [9.17, 15) is 4.79 Å². The van der Waals surface area contributed by atoms with Gasteiger partial charge in [-0.1, -0.05) is 17.7 Å². The maximum Gasteiger partial charge on any atom is 0.246 e. The lowest BCUT2D eigenvalue weighted by Gasteiger charge is -2.39. The molecule has 0 radical (unpaired) electrons. The summed E-state index contributed by atoms with van der Waals surface area (Å²) in [6, 6.07) is 5.77. The summed E-state index contributed by atoms with van der Waals surface area (Å²) in [5.74, 6) is -0.00528. The predicted octanol–water partition coefficient (Wildman–Crippen LogP) is 2.90. The van der Waals surface area contributed by atoms with Crippen molar-refractivity contribution in [3.63, 3.8) is 0 Å². The molecule has 1 unspecified atom stereocenters. The molecule has 0 saturated heterocycles. The number of carbonyl (C=O) groups excluding carboxylic acids is 1. The summed E-state index contributed by atoms with van der Waals surface area (Å²) < 4.78 is 0. The lowest BCUT2D eigenvalue weighted by Crippen LogP contribution is -2.49. The molecule has 0 spiro atoms. The number of para-hydroxylation sites is 1. The van der Waals surface area contributed by atoms with E-state index in [-0.39, 0.29) is 18.0 Å². The van der Waals surface area contributed by atoms with E-state index in [0.717, 1.165) is 11.4 Å². The molecule has 3 nitrogen and oxygen atoms in total. The van der Waals surface area contributed by atoms with Crippen molar-refractivity contribution < 1.29 is 4.79 Å². The fraction of sp³-hybridized carbons (Fsp3) is 0.417. The van der Waals surface area contributed by atoms with Crippen molar-refractivity contribution in [3.8, 4) is 0 Å². The Hall–Kier alpha value is -1.22. The van der Waals surface area contributed by atoms with Gasteiger partial charge in [0.1, 0.15) is 6.04 Å². The van der Waals surface area contributed by atoms with E-state index in [2.05, 4.69) is 24.1 Å². The average molecular weight is 239 g/mol. The number of nitrogens with zero attached hydrogens (tertiary/aromatic N) is 1. The van der Waals surface area contributed by atoms with Crippen LogP contribution in [0.15, 0.2) is 18.2 Å². The lowest BCUT2D eigenvalue weighted by molar-refractivity contribution is -0.117. The molecule has 0 fully saturated rings. The predicted molar refractivity (Wildman–Crippen MR) is 67.2 cm³/mol. The lowest BCUT2D eigenvalue weighted by atomic mass is 10.1. The molecular formula is C12H15ClN2O. The maximum atomic E-state index is 11.8. The number of amides is 1. The number of hydrogen-bond donors (Lipinski definition) is 1. The third kappa shape index (κ3) is 1.65. The molecule has 1 amide bonds. The first-order chi connectivity index (χ1) is 7.52. The Morgan fingerprint density at radius 1 is 1.44 bits per heavy atom. The number of hydrogen-bond acceptors (Lipinski definition) is 2. The van der Waals surface area contributed by atoms with Crippen molar-refractivity contribution in [2.45, 2.75) is 32.9 Å². The summed E-state index contributed by atoms with van der Waals surface area (Å²) in [7, 11) is 0. The zero-order valence-electron chi connectivity index (χ0n) is 9.62. The molecule has 1 aliphatic rings. The SMILES string of the molecule is CC(C)N1c2cccc(Cl)c2NC(=O)C1C. The Bertz CT molecular complexity index is 431. The van der Waals surface area contributed by atoms with Crippen molar-refractivity contribution in [2.24, 2.45) is 0 Å². The van der Waals surface area contributed by atoms with E-state index in [1.54, 1.807) is 6.07 Å². The maximum absolute atomic E-state index is 11.8. The van der Waals surface area contributed by atoms with Crippen molar-refractivity contribution in [1.29, 1.82) is 0 Å². The molecule has 2 rings (SSSR count). The molecule has 1 aromatic rings. The molecule has 0 aliphatic carbocycles. The van der Waals surface area contributed by atoms with Gasteiger partial charge < -0.3 is 10.2 Å². The molecule has 0 aromatic heterocycles. The van der Waals surface area contributed by atoms with Crippen LogP contribution in [0, 0.1) is 0 Å². The second-order valence-corrected chi connectivity index (χ2v) is 4.71. The molecule has 4 heteroatoms. The minimum Gasteiger partial charge on any atom is -0.356 e. The summed E-state index contributed by atoms with van der Waals surface area (Å²) in [6.07, 6.45) is 0. The number of halogens is 1. The summed E-state index contributed by atoms with van der Waals surface area (Å²) in [5.41, 5.74) is 1.72. The molecule has 86 valence electrons. The van der Waals surface area contributed by atoms with Crippen LogP contribution in [0.3, 0.4) is 0 Å². The highest BCUT2D eigenvalue weighted by Gasteiger charge is 2.31. The van der Waals surface area contributed by atoms with Gasteiger partial charge in [0.05, 0.1) is 16.4 Å². The Morgan fingerprint density at radius 3 is 2.75 bits per heavy atom. The smallest absolute Gasteiger partial charge is 0.246 e. The van der Waals surface area contributed by atoms with Crippen LogP contribution in [0.1, 0.15) is 20.8 Å². The van der Waals surface area contributed by atoms with Gasteiger partial charge >= 0.3 is 0 Å². The monoisotopic (exact) mass is 238 g/mol. The fourth-order valence-corrected chi connectivity index (χ4v) is 2.36. The summed E-state index contributed by atoms with van der Waals surface area (Å²) in [4.78, 5) is 13.9. The molecule has 1 aromatic carbocycles. The van der Waals surface area contributed by atoms with Gasteiger partial charge in [-0.05, 0) is 32.9 Å². The first-order valence-corrected chi connectivity index (χ1v) is 5.78. The van der Waals surface area contributed by atoms with Gasteiger partial charge in [-0.3, -0.25) is 4.79 Å². The molecule has 16 heavy (non-hydrogen) atoms. The van der Waals surface area contributed by atoms with Crippen molar-refractivity contribution in [2.75, 3.05) is 10.2 Å². The van der Waals surface area contributed by atoms with Crippen molar-refractivity contribution in [3.05, 3.63) is 23.2 Å². The largest absolute Gasteiger partial charge is 0.356 e. The first kappa shape index (κ1) is 11.3. The molecule has 0 saturated carbocycles. The van der Waals surface area contributed by atoms with Crippen LogP contribution in [-0.2, 0) is 4.79 Å². The van der Waals surface area contributed by atoms with Crippen LogP contribution >= 0.6 is 11.6 Å². The standard InChI is InChI=1S/C12H15ClN2O/c1-7(2)15-8(3)12(16)14-11-9(13)5-4-6-10(11)15/h4-8H,1-3H3,(H,14,16). The Kier molecular flexibility index (Phi) is 2.80. The number of benzene rings is 1. The van der Waals surface area contributed by atoms with Gasteiger partial charge in [0.15, 0.2) is 0 Å². The topological polar surface area (TPSA) is 32.3 Å². The van der Waals surface area contributed by atoms with E-state index in [4.69, 9.17) is 11.6 Å². The summed E-state index contributed by atoms with van der Waals surface area (Å²) in [6.45, 7) is 6.04. The van der Waals surface area contributed by atoms with Gasteiger partial charge in [0.2, 0.25) is 5.91 Å². The van der Waals surface area contributed by atoms with Crippen LogP contribution in [0.25, 0.3) is 0 Å². The van der Waals surface area contributed by atoms with E-state index < -0.39 is 0 Å². The van der Waals surface area contributed by atoms with Crippen molar-refractivity contribution >= 4 is 28.9 Å². The van der Waals surface area contributed by atoms with Gasteiger partial charge in [-0.15, -0.1) is 0 Å². The van der Waals surface area contributed by atoms with E-state index in [1.165, 1.54) is 0 Å². The minimum atomic E-state index is -0.161. The minimum absolute atomic E-state index is 0.00528. The number of rotatable bonds is 1. The highest BCUT2D eigenvalue weighted by Crippen LogP contribution is 2.38. The van der Waals surface area contributed by atoms with Crippen molar-refractivity contribution in [1.82, 2.24) is 0 Å². The van der Waals surface area contributed by atoms with Crippen LogP contribution in [0.5, 0.6) is 0 Å². The molecule has 0 bridgehead atoms. The zero-order valence-corrected chi connectivity index (χ0v) is 10.4. The first-order valence-electron chi connectivity index (χ1n) is 5.40. The van der Waals surface area contributed by atoms with Gasteiger partial charge in [-0.2, -0.15) is 0 Å². The van der Waals surface area contributed by atoms with Crippen LogP contribution < -0.4 is 10.2 Å². The molecule has 1 heterocycles. The van der Waals surface area contributed by atoms with Crippen LogP contribution in [0.4, 0.5) is 11.4 Å². The third-order valence-electron chi connectivity index (χ3n) is 2.87. The Labute approximate surface area is 100 Å². The second kappa shape index (κ2) is 3.98. The third-order valence-corrected chi connectivity index (χ3v) is 3.19. The summed E-state index contributed by atoms with van der Waals surface area (Å²) >= 11 is 6.08. The molecular weight excluding hydrogens is 224 g/mol. The second-order valence-electron chi connectivity index (χ2n) is 4.30. The highest BCUT2D eigenvalue weighted by atomic mass is 35.5. The normalized spacial score (nSPS) is 19.7. The van der Waals surface area contributed by atoms with Crippen LogP contribution in [-0.4, -0.2) is 18.0 Å². The highest BCUT2D eigenvalue weighted by molar-refractivity contribution is 6.35. The molecule has 1 N–H and O–H groups in total. The van der Waals surface area contributed by atoms with E-state index >= 15 is 0 Å². The van der Waals surface area contributed by atoms with Crippen LogP contribution in [0.2, 0.25) is 5.02 Å². The molecule has 1 aliphatic heterocycles. The average Bonchev–Trinajstić information content (AvgIpc) is 2.21. The van der Waals surface area contributed by atoms with Gasteiger partial charge in [0.25, 0.3) is 0 Å². The number of anilines is 2. The number of carbonyl (C=O) groups is 1. The Balaban J connectivity index is 2.56. The quantitative estimate of drug-likeness (QED) is 0.816. The van der Waals surface area contributed by atoms with E-state index in [1.807, 2.05) is 19.1 Å². The van der Waals surface area contributed by atoms with Gasteiger partial charge in [-0.25, -0.2) is 0 Å². The molecule has 1 atom stereocenters. The Morgan fingerprint density at radius 2 is 2.12 bits per heavy atom. The number of nitrogens with one attached hydrogen (secondary N) is 1. The summed E-state index contributed by atoms with van der Waals surface area (Å²) in [5, 5.41) is 3.44. The number of fused-ring (bicyclic) bond motifs is 1. The van der Waals surface area contributed by atoms with Gasteiger partial charge in [0, 0.05) is 6.04 Å². The van der Waals surface area contributed by atoms with E-state index in [0.29, 0.717) is 5.02 Å².